The molecule has 0 radical (unpaired) electrons. The van der Waals surface area contributed by atoms with Gasteiger partial charge in [-0.3, -0.25) is 4.90 Å². The molecule has 3 N–H and O–H groups in total. The Labute approximate surface area is 221 Å². The number of halogens is 1. The molecule has 196 valence electrons. The van der Waals surface area contributed by atoms with Gasteiger partial charge in [-0.1, -0.05) is 29.8 Å². The molecule has 2 aliphatic rings. The molecule has 0 aliphatic carbocycles. The second-order valence-electron chi connectivity index (χ2n) is 9.90. The first-order valence-electron chi connectivity index (χ1n) is 12.3. The molecule has 2 aromatic carbocycles. The van der Waals surface area contributed by atoms with Crippen molar-refractivity contribution in [1.82, 2.24) is 9.88 Å². The third-order valence-corrected chi connectivity index (χ3v) is 6.81. The van der Waals surface area contributed by atoms with Gasteiger partial charge in [0.25, 0.3) is 0 Å². The summed E-state index contributed by atoms with van der Waals surface area (Å²) in [6.45, 7) is 9.69. The molecule has 0 spiro atoms. The lowest BCUT2D eigenvalue weighted by molar-refractivity contribution is -0.134. The zero-order valence-electron chi connectivity index (χ0n) is 21.0. The number of carboxylic acid groups (broad SMARTS) is 2. The minimum Gasteiger partial charge on any atom is -0.485 e. The Morgan fingerprint density at radius 2 is 1.78 bits per heavy atom. The number of anilines is 1. The van der Waals surface area contributed by atoms with Crippen LogP contribution in [0.5, 0.6) is 5.75 Å². The summed E-state index contributed by atoms with van der Waals surface area (Å²) >= 11 is 6.10. The molecule has 0 atom stereocenters. The van der Waals surface area contributed by atoms with Crippen molar-refractivity contribution >= 4 is 40.1 Å². The van der Waals surface area contributed by atoms with E-state index >= 15 is 0 Å². The van der Waals surface area contributed by atoms with Gasteiger partial charge in [0, 0.05) is 79.0 Å². The highest BCUT2D eigenvalue weighted by molar-refractivity contribution is 6.31. The lowest BCUT2D eigenvalue weighted by Crippen LogP contribution is -2.47. The minimum absolute atomic E-state index is 0.0934. The van der Waals surface area contributed by atoms with E-state index in [9.17, 15) is 9.59 Å². The number of nitrogens with zero attached hydrogens (tertiary/aromatic N) is 2. The van der Waals surface area contributed by atoms with Crippen LogP contribution in [-0.4, -0.2) is 70.4 Å². The summed E-state index contributed by atoms with van der Waals surface area (Å²) < 4.78 is 6.28. The number of H-pyrrole nitrogens is 1. The van der Waals surface area contributed by atoms with Crippen LogP contribution in [0.3, 0.4) is 0 Å². The number of hydrogen-bond donors (Lipinski definition) is 3. The zero-order valence-corrected chi connectivity index (χ0v) is 21.8. The van der Waals surface area contributed by atoms with E-state index in [1.54, 1.807) is 0 Å². The first kappa shape index (κ1) is 26.6. The second kappa shape index (κ2) is 11.3. The van der Waals surface area contributed by atoms with Crippen molar-refractivity contribution < 1.29 is 24.5 Å². The number of piperazine rings is 1. The number of hydrogen-bond acceptors (Lipinski definition) is 5. The van der Waals surface area contributed by atoms with Crippen molar-refractivity contribution in [3.05, 3.63) is 70.9 Å². The maximum absolute atomic E-state index is 9.55. The van der Waals surface area contributed by atoms with Crippen molar-refractivity contribution in [2.24, 2.45) is 0 Å². The standard InChI is InChI=1S/C24H28ClN3O.C4H4O4/c1-24(2)15-17-4-3-5-22(23(17)29-24)28-12-10-27(11-13-28)9-8-18-16-26-21-14-19(25)6-7-20(18)21;5-3(6)1-2-4(7)8/h3-7,14,16,26H,8-13,15H2,1-2H3;1-2H,(H,5,6)(H,7,8)/b;2-1+. The Balaban J connectivity index is 0.000000349. The lowest BCUT2D eigenvalue weighted by Gasteiger charge is -2.36. The molecule has 5 rings (SSSR count). The molecule has 3 aromatic rings. The number of ether oxygens (including phenoxy) is 1. The SMILES string of the molecule is CC1(C)Cc2cccc(N3CCN(CCc4c[nH]c5cc(Cl)ccc45)CC3)c2O1.O=C(O)/C=C/C(=O)O. The molecule has 0 bridgehead atoms. The smallest absolute Gasteiger partial charge is 0.328 e. The monoisotopic (exact) mass is 525 g/mol. The first-order chi connectivity index (χ1) is 17.6. The van der Waals surface area contributed by atoms with E-state index in [1.807, 2.05) is 12.1 Å². The summed E-state index contributed by atoms with van der Waals surface area (Å²) in [6.07, 6.45) is 5.29. The van der Waals surface area contributed by atoms with E-state index in [0.29, 0.717) is 12.2 Å². The molecule has 8 nitrogen and oxygen atoms in total. The molecule has 3 heterocycles. The van der Waals surface area contributed by atoms with E-state index < -0.39 is 11.9 Å². The topological polar surface area (TPSA) is 106 Å². The van der Waals surface area contributed by atoms with Crippen molar-refractivity contribution in [3.8, 4) is 5.75 Å². The number of aromatic nitrogens is 1. The number of rotatable bonds is 6. The van der Waals surface area contributed by atoms with Crippen molar-refractivity contribution in [2.75, 3.05) is 37.6 Å². The van der Waals surface area contributed by atoms with Crippen LogP contribution in [0.25, 0.3) is 10.9 Å². The Bertz CT molecular complexity index is 1290. The van der Waals surface area contributed by atoms with Gasteiger partial charge in [0.05, 0.1) is 5.69 Å². The van der Waals surface area contributed by atoms with Crippen LogP contribution in [0.1, 0.15) is 25.0 Å². The van der Waals surface area contributed by atoms with Gasteiger partial charge in [-0.2, -0.15) is 0 Å². The molecule has 0 amide bonds. The first-order valence-corrected chi connectivity index (χ1v) is 12.7. The zero-order chi connectivity index (χ0) is 26.6. The number of benzene rings is 2. The van der Waals surface area contributed by atoms with Crippen LogP contribution in [-0.2, 0) is 22.4 Å². The summed E-state index contributed by atoms with van der Waals surface area (Å²) in [5.74, 6) is -1.41. The molecule has 37 heavy (non-hydrogen) atoms. The van der Waals surface area contributed by atoms with Gasteiger partial charge in [-0.05, 0) is 44.0 Å². The van der Waals surface area contributed by atoms with Gasteiger partial charge in [-0.25, -0.2) is 9.59 Å². The van der Waals surface area contributed by atoms with Crippen molar-refractivity contribution in [3.63, 3.8) is 0 Å². The van der Waals surface area contributed by atoms with Gasteiger partial charge >= 0.3 is 11.9 Å². The molecule has 0 unspecified atom stereocenters. The third kappa shape index (κ3) is 6.84. The van der Waals surface area contributed by atoms with Gasteiger partial charge in [-0.15, -0.1) is 0 Å². The average molecular weight is 526 g/mol. The normalized spacial score (nSPS) is 16.8. The van der Waals surface area contributed by atoms with E-state index in [-0.39, 0.29) is 5.60 Å². The summed E-state index contributed by atoms with van der Waals surface area (Å²) in [4.78, 5) is 27.5. The van der Waals surface area contributed by atoms with Crippen LogP contribution < -0.4 is 9.64 Å². The molecule has 1 fully saturated rings. The fraction of sp³-hybridized carbons (Fsp3) is 0.357. The Morgan fingerprint density at radius 1 is 1.08 bits per heavy atom. The number of aromatic amines is 1. The molecule has 9 heteroatoms. The number of fused-ring (bicyclic) bond motifs is 2. The van der Waals surface area contributed by atoms with Crippen molar-refractivity contribution in [1.29, 1.82) is 0 Å². The minimum atomic E-state index is -1.26. The number of aliphatic carboxylic acids is 2. The van der Waals surface area contributed by atoms with Gasteiger partial charge in [0.15, 0.2) is 0 Å². The number of para-hydroxylation sites is 1. The van der Waals surface area contributed by atoms with Crippen LogP contribution in [0.2, 0.25) is 5.02 Å². The predicted octanol–water partition coefficient (Wildman–Crippen LogP) is 4.61. The molecule has 1 saturated heterocycles. The van der Waals surface area contributed by atoms with Crippen LogP contribution in [0, 0.1) is 0 Å². The molecule has 2 aliphatic heterocycles. The molecule has 1 aromatic heterocycles. The van der Waals surface area contributed by atoms with Crippen LogP contribution >= 0.6 is 11.6 Å². The van der Waals surface area contributed by atoms with E-state index in [4.69, 9.17) is 26.6 Å². The molecular formula is C28H32ClN3O5. The fourth-order valence-electron chi connectivity index (χ4n) is 4.85. The molecular weight excluding hydrogens is 494 g/mol. The third-order valence-electron chi connectivity index (χ3n) is 6.58. The second-order valence-corrected chi connectivity index (χ2v) is 10.3. The largest absolute Gasteiger partial charge is 0.485 e. The van der Waals surface area contributed by atoms with Crippen LogP contribution in [0.15, 0.2) is 54.7 Å². The predicted molar refractivity (Wildman–Crippen MR) is 145 cm³/mol. The summed E-state index contributed by atoms with van der Waals surface area (Å²) in [5, 5.41) is 17.7. The highest BCUT2D eigenvalue weighted by Gasteiger charge is 2.33. The molecule has 0 saturated carbocycles. The summed E-state index contributed by atoms with van der Waals surface area (Å²) in [6, 6.07) is 12.7. The number of carbonyl (C=O) groups is 2. The van der Waals surface area contributed by atoms with Crippen molar-refractivity contribution in [2.45, 2.75) is 32.3 Å². The number of carboxylic acids is 2. The van der Waals surface area contributed by atoms with Gasteiger partial charge in [0.1, 0.15) is 11.4 Å². The highest BCUT2D eigenvalue weighted by atomic mass is 35.5. The van der Waals surface area contributed by atoms with Gasteiger partial charge in [0.2, 0.25) is 0 Å². The van der Waals surface area contributed by atoms with E-state index in [2.05, 4.69) is 59.1 Å². The van der Waals surface area contributed by atoms with Crippen LogP contribution in [0.4, 0.5) is 5.69 Å². The van der Waals surface area contributed by atoms with E-state index in [1.165, 1.54) is 22.2 Å². The quantitative estimate of drug-likeness (QED) is 0.403. The lowest BCUT2D eigenvalue weighted by atomic mass is 10.0. The van der Waals surface area contributed by atoms with E-state index in [0.717, 1.165) is 61.9 Å². The highest BCUT2D eigenvalue weighted by Crippen LogP contribution is 2.42. The number of nitrogens with one attached hydrogen (secondary N) is 1. The average Bonchev–Trinajstić information content (AvgIpc) is 3.40. The Hall–Kier alpha value is -3.49. The van der Waals surface area contributed by atoms with Gasteiger partial charge < -0.3 is 24.8 Å². The summed E-state index contributed by atoms with van der Waals surface area (Å²) in [7, 11) is 0. The Kier molecular flexibility index (Phi) is 8.10. The summed E-state index contributed by atoms with van der Waals surface area (Å²) in [5.41, 5.74) is 5.01. The maximum atomic E-state index is 9.55. The fourth-order valence-corrected chi connectivity index (χ4v) is 5.02. The Morgan fingerprint density at radius 3 is 2.46 bits per heavy atom. The maximum Gasteiger partial charge on any atom is 0.328 e.